The van der Waals surface area contributed by atoms with Gasteiger partial charge < -0.3 is 15.4 Å². The van der Waals surface area contributed by atoms with Crippen LogP contribution >= 0.6 is 0 Å². The van der Waals surface area contributed by atoms with Crippen molar-refractivity contribution in [2.45, 2.75) is 25.8 Å². The fourth-order valence-corrected chi connectivity index (χ4v) is 2.94. The van der Waals surface area contributed by atoms with E-state index in [2.05, 4.69) is 10.6 Å². The van der Waals surface area contributed by atoms with Gasteiger partial charge in [0.05, 0.1) is 0 Å². The molecule has 4 nitrogen and oxygen atoms in total. The predicted molar refractivity (Wildman–Crippen MR) is 95.0 cm³/mol. The molecule has 126 valence electrons. The predicted octanol–water partition coefficient (Wildman–Crippen LogP) is 3.48. The zero-order chi connectivity index (χ0) is 16.6. The second-order valence-corrected chi connectivity index (χ2v) is 6.20. The molecule has 4 heteroatoms. The van der Waals surface area contributed by atoms with Crippen molar-refractivity contribution in [1.82, 2.24) is 10.6 Å². The molecule has 1 aliphatic rings. The maximum absolute atomic E-state index is 12.1. The summed E-state index contributed by atoms with van der Waals surface area (Å²) in [5.74, 6) is 2.33. The summed E-state index contributed by atoms with van der Waals surface area (Å²) in [5.41, 5.74) is 0.984. The normalized spacial score (nSPS) is 16.8. The lowest BCUT2D eigenvalue weighted by Gasteiger charge is -2.12. The number of carbonyl (C=O) groups is 1. The SMILES string of the molecule is O=C(CCC1CCNC1)NCc1ccccc1Oc1ccccc1. The molecule has 3 rings (SSSR count). The summed E-state index contributed by atoms with van der Waals surface area (Å²) in [4.78, 5) is 12.1. The fraction of sp³-hybridized carbons (Fsp3) is 0.350. The Kier molecular flexibility index (Phi) is 5.85. The van der Waals surface area contributed by atoms with Gasteiger partial charge in [0.15, 0.2) is 0 Å². The average molecular weight is 324 g/mol. The van der Waals surface area contributed by atoms with Gasteiger partial charge >= 0.3 is 0 Å². The van der Waals surface area contributed by atoms with Gasteiger partial charge in [-0.25, -0.2) is 0 Å². The molecule has 1 fully saturated rings. The summed E-state index contributed by atoms with van der Waals surface area (Å²) < 4.78 is 5.92. The first kappa shape index (κ1) is 16.5. The first-order valence-corrected chi connectivity index (χ1v) is 8.59. The van der Waals surface area contributed by atoms with Gasteiger partial charge in [0.1, 0.15) is 11.5 Å². The van der Waals surface area contributed by atoms with Gasteiger partial charge in [-0.2, -0.15) is 0 Å². The quantitative estimate of drug-likeness (QED) is 0.820. The number of para-hydroxylation sites is 2. The molecular weight excluding hydrogens is 300 g/mol. The van der Waals surface area contributed by atoms with E-state index in [4.69, 9.17) is 4.74 Å². The van der Waals surface area contributed by atoms with Crippen LogP contribution in [0.15, 0.2) is 54.6 Å². The van der Waals surface area contributed by atoms with Crippen molar-refractivity contribution in [3.8, 4) is 11.5 Å². The smallest absolute Gasteiger partial charge is 0.220 e. The minimum Gasteiger partial charge on any atom is -0.457 e. The molecule has 0 spiro atoms. The van der Waals surface area contributed by atoms with Crippen molar-refractivity contribution in [2.75, 3.05) is 13.1 Å². The topological polar surface area (TPSA) is 50.4 Å². The third-order valence-corrected chi connectivity index (χ3v) is 4.36. The first-order valence-electron chi connectivity index (χ1n) is 8.59. The Balaban J connectivity index is 1.52. The summed E-state index contributed by atoms with van der Waals surface area (Å²) in [6.07, 6.45) is 2.73. The molecule has 0 radical (unpaired) electrons. The van der Waals surface area contributed by atoms with E-state index in [0.717, 1.165) is 36.6 Å². The molecule has 2 aromatic rings. The van der Waals surface area contributed by atoms with E-state index in [0.29, 0.717) is 18.9 Å². The molecular formula is C20H24N2O2. The molecule has 0 aliphatic carbocycles. The average Bonchev–Trinajstić information content (AvgIpc) is 3.14. The van der Waals surface area contributed by atoms with Crippen molar-refractivity contribution in [1.29, 1.82) is 0 Å². The Hall–Kier alpha value is -2.33. The summed E-state index contributed by atoms with van der Waals surface area (Å²) >= 11 is 0. The van der Waals surface area contributed by atoms with Gasteiger partial charge in [0.25, 0.3) is 0 Å². The lowest BCUT2D eigenvalue weighted by Crippen LogP contribution is -2.23. The lowest BCUT2D eigenvalue weighted by molar-refractivity contribution is -0.121. The minimum atomic E-state index is 0.108. The Labute approximate surface area is 143 Å². The molecule has 24 heavy (non-hydrogen) atoms. The number of carbonyl (C=O) groups excluding carboxylic acids is 1. The van der Waals surface area contributed by atoms with Gasteiger partial charge in [-0.15, -0.1) is 0 Å². The molecule has 1 aliphatic heterocycles. The highest BCUT2D eigenvalue weighted by atomic mass is 16.5. The second-order valence-electron chi connectivity index (χ2n) is 6.20. The van der Waals surface area contributed by atoms with Crippen LogP contribution in [0.4, 0.5) is 0 Å². The van der Waals surface area contributed by atoms with Crippen LogP contribution in [0.3, 0.4) is 0 Å². The maximum Gasteiger partial charge on any atom is 0.220 e. The summed E-state index contributed by atoms with van der Waals surface area (Å²) in [6, 6.07) is 17.5. The molecule has 1 amide bonds. The standard InChI is InChI=1S/C20H24N2O2/c23-20(11-10-16-12-13-21-14-16)22-15-17-6-4-5-9-19(17)24-18-7-2-1-3-8-18/h1-9,16,21H,10-15H2,(H,22,23). The third kappa shape index (κ3) is 4.83. The molecule has 1 saturated heterocycles. The third-order valence-electron chi connectivity index (χ3n) is 4.36. The summed E-state index contributed by atoms with van der Waals surface area (Å²) in [7, 11) is 0. The van der Waals surface area contributed by atoms with Gasteiger partial charge in [-0.1, -0.05) is 36.4 Å². The molecule has 0 bridgehead atoms. The van der Waals surface area contributed by atoms with Crippen molar-refractivity contribution < 1.29 is 9.53 Å². The highest BCUT2D eigenvalue weighted by Gasteiger charge is 2.15. The molecule has 1 atom stereocenters. The Morgan fingerprint density at radius 3 is 2.71 bits per heavy atom. The fourth-order valence-electron chi connectivity index (χ4n) is 2.94. The van der Waals surface area contributed by atoms with E-state index in [9.17, 15) is 4.79 Å². The lowest BCUT2D eigenvalue weighted by atomic mass is 10.0. The van der Waals surface area contributed by atoms with E-state index in [1.54, 1.807) is 0 Å². The van der Waals surface area contributed by atoms with E-state index < -0.39 is 0 Å². The highest BCUT2D eigenvalue weighted by molar-refractivity contribution is 5.75. The van der Waals surface area contributed by atoms with Crippen LogP contribution in [0, 0.1) is 5.92 Å². The molecule has 2 N–H and O–H groups in total. The number of nitrogens with one attached hydrogen (secondary N) is 2. The Morgan fingerprint density at radius 2 is 1.92 bits per heavy atom. The van der Waals surface area contributed by atoms with Crippen LogP contribution in [0.25, 0.3) is 0 Å². The van der Waals surface area contributed by atoms with Crippen LogP contribution in [0.5, 0.6) is 11.5 Å². The largest absolute Gasteiger partial charge is 0.457 e. The summed E-state index contributed by atoms with van der Waals surface area (Å²) in [5, 5.41) is 6.35. The van der Waals surface area contributed by atoms with Crippen molar-refractivity contribution >= 4 is 5.91 Å². The zero-order valence-corrected chi connectivity index (χ0v) is 13.8. The first-order chi connectivity index (χ1) is 11.8. The van der Waals surface area contributed by atoms with E-state index in [1.807, 2.05) is 54.6 Å². The van der Waals surface area contributed by atoms with Gasteiger partial charge in [-0.05, 0) is 50.0 Å². The Morgan fingerprint density at radius 1 is 1.12 bits per heavy atom. The Bertz CT molecular complexity index is 652. The van der Waals surface area contributed by atoms with E-state index >= 15 is 0 Å². The van der Waals surface area contributed by atoms with Crippen LogP contribution in [0.1, 0.15) is 24.8 Å². The van der Waals surface area contributed by atoms with Crippen LogP contribution in [-0.2, 0) is 11.3 Å². The van der Waals surface area contributed by atoms with Crippen molar-refractivity contribution in [2.24, 2.45) is 5.92 Å². The second kappa shape index (κ2) is 8.50. The molecule has 0 aromatic heterocycles. The molecule has 1 unspecified atom stereocenters. The summed E-state index contributed by atoms with van der Waals surface area (Å²) in [6.45, 7) is 2.61. The van der Waals surface area contributed by atoms with Gasteiger partial charge in [0, 0.05) is 18.5 Å². The molecule has 2 aromatic carbocycles. The van der Waals surface area contributed by atoms with Crippen LogP contribution in [-0.4, -0.2) is 19.0 Å². The monoisotopic (exact) mass is 324 g/mol. The van der Waals surface area contributed by atoms with Crippen LogP contribution < -0.4 is 15.4 Å². The zero-order valence-electron chi connectivity index (χ0n) is 13.8. The number of hydrogen-bond donors (Lipinski definition) is 2. The number of benzene rings is 2. The van der Waals surface area contributed by atoms with Crippen LogP contribution in [0.2, 0.25) is 0 Å². The van der Waals surface area contributed by atoms with Gasteiger partial charge in [-0.3, -0.25) is 4.79 Å². The van der Waals surface area contributed by atoms with Gasteiger partial charge in [0.2, 0.25) is 5.91 Å². The van der Waals surface area contributed by atoms with Crippen molar-refractivity contribution in [3.63, 3.8) is 0 Å². The number of rotatable bonds is 7. The number of ether oxygens (including phenoxy) is 1. The van der Waals surface area contributed by atoms with E-state index in [-0.39, 0.29) is 5.91 Å². The number of amides is 1. The minimum absolute atomic E-state index is 0.108. The van der Waals surface area contributed by atoms with Crippen molar-refractivity contribution in [3.05, 3.63) is 60.2 Å². The number of hydrogen-bond acceptors (Lipinski definition) is 3. The molecule has 1 heterocycles. The van der Waals surface area contributed by atoms with E-state index in [1.165, 1.54) is 6.42 Å². The molecule has 0 saturated carbocycles. The maximum atomic E-state index is 12.1. The highest BCUT2D eigenvalue weighted by Crippen LogP contribution is 2.25.